The number of rotatable bonds is 11. The SMILES string of the molecule is C#CCC(C)NCCCCCCCCCC. The lowest BCUT2D eigenvalue weighted by atomic mass is 10.1. The van der Waals surface area contributed by atoms with Crippen LogP contribution in [0.15, 0.2) is 0 Å². The molecule has 0 aromatic carbocycles. The Bertz CT molecular complexity index is 169. The van der Waals surface area contributed by atoms with Crippen molar-refractivity contribution in [1.82, 2.24) is 5.32 Å². The highest BCUT2D eigenvalue weighted by molar-refractivity contribution is 4.87. The van der Waals surface area contributed by atoms with Crippen LogP contribution >= 0.6 is 0 Å². The molecule has 1 heteroatoms. The molecule has 0 heterocycles. The first-order valence-corrected chi connectivity index (χ1v) is 6.98. The maximum atomic E-state index is 5.25. The summed E-state index contributed by atoms with van der Waals surface area (Å²) in [7, 11) is 0. The lowest BCUT2D eigenvalue weighted by Crippen LogP contribution is -2.26. The molecule has 0 fully saturated rings. The van der Waals surface area contributed by atoms with Crippen LogP contribution < -0.4 is 5.32 Å². The maximum Gasteiger partial charge on any atom is 0.0238 e. The Morgan fingerprint density at radius 1 is 1.00 bits per heavy atom. The van der Waals surface area contributed by atoms with Gasteiger partial charge in [-0.25, -0.2) is 0 Å². The van der Waals surface area contributed by atoms with Crippen LogP contribution in [0.4, 0.5) is 0 Å². The molecule has 0 aliphatic carbocycles. The molecule has 0 spiro atoms. The van der Waals surface area contributed by atoms with Crippen LogP contribution in [0.1, 0.15) is 71.6 Å². The highest BCUT2D eigenvalue weighted by Gasteiger charge is 1.97. The number of hydrogen-bond donors (Lipinski definition) is 1. The molecule has 94 valence electrons. The van der Waals surface area contributed by atoms with Gasteiger partial charge in [-0.1, -0.05) is 51.9 Å². The van der Waals surface area contributed by atoms with E-state index in [0.29, 0.717) is 6.04 Å². The van der Waals surface area contributed by atoms with Gasteiger partial charge in [0.2, 0.25) is 0 Å². The van der Waals surface area contributed by atoms with Crippen molar-refractivity contribution in [1.29, 1.82) is 0 Å². The zero-order chi connectivity index (χ0) is 12.1. The molecule has 0 aliphatic heterocycles. The first-order valence-electron chi connectivity index (χ1n) is 6.98. The van der Waals surface area contributed by atoms with E-state index >= 15 is 0 Å². The predicted octanol–water partition coefficient (Wildman–Crippen LogP) is 4.13. The fourth-order valence-electron chi connectivity index (χ4n) is 1.86. The molecule has 1 atom stereocenters. The monoisotopic (exact) mass is 223 g/mol. The minimum Gasteiger partial charge on any atom is -0.313 e. The Labute approximate surface area is 102 Å². The molecule has 0 aliphatic rings. The van der Waals surface area contributed by atoms with Gasteiger partial charge in [-0.15, -0.1) is 12.3 Å². The maximum absolute atomic E-state index is 5.25. The molecule has 0 saturated carbocycles. The summed E-state index contributed by atoms with van der Waals surface area (Å²) in [6.07, 6.45) is 17.2. The third-order valence-corrected chi connectivity index (χ3v) is 2.95. The van der Waals surface area contributed by atoms with E-state index in [1.165, 1.54) is 51.4 Å². The van der Waals surface area contributed by atoms with Crippen LogP contribution in [0.2, 0.25) is 0 Å². The molecule has 0 aromatic rings. The van der Waals surface area contributed by atoms with Gasteiger partial charge in [0.15, 0.2) is 0 Å². The highest BCUT2D eigenvalue weighted by atomic mass is 14.9. The highest BCUT2D eigenvalue weighted by Crippen LogP contribution is 2.07. The average molecular weight is 223 g/mol. The van der Waals surface area contributed by atoms with E-state index in [4.69, 9.17) is 6.42 Å². The van der Waals surface area contributed by atoms with Gasteiger partial charge in [-0.3, -0.25) is 0 Å². The molecule has 0 aromatic heterocycles. The quantitative estimate of drug-likeness (QED) is 0.410. The standard InChI is InChI=1S/C15H29N/c1-4-6-7-8-9-10-11-12-14-16-15(3)13-5-2/h2,15-16H,4,6-14H2,1,3H3. The Kier molecular flexibility index (Phi) is 12.2. The summed E-state index contributed by atoms with van der Waals surface area (Å²) < 4.78 is 0. The molecule has 16 heavy (non-hydrogen) atoms. The average Bonchev–Trinajstić information content (AvgIpc) is 2.27. The van der Waals surface area contributed by atoms with Gasteiger partial charge in [-0.2, -0.15) is 0 Å². The van der Waals surface area contributed by atoms with Crippen molar-refractivity contribution in [2.45, 2.75) is 77.7 Å². The summed E-state index contributed by atoms with van der Waals surface area (Å²) in [5, 5.41) is 3.45. The topological polar surface area (TPSA) is 12.0 Å². The van der Waals surface area contributed by atoms with Crippen molar-refractivity contribution in [2.24, 2.45) is 0 Å². The van der Waals surface area contributed by atoms with E-state index in [2.05, 4.69) is 25.1 Å². The van der Waals surface area contributed by atoms with Crippen LogP contribution in [0.5, 0.6) is 0 Å². The van der Waals surface area contributed by atoms with Gasteiger partial charge in [0.25, 0.3) is 0 Å². The van der Waals surface area contributed by atoms with Crippen LogP contribution in [0, 0.1) is 12.3 Å². The van der Waals surface area contributed by atoms with Gasteiger partial charge >= 0.3 is 0 Å². The molecular formula is C15H29N. The molecule has 1 N–H and O–H groups in total. The van der Waals surface area contributed by atoms with Crippen LogP contribution in [-0.2, 0) is 0 Å². The molecule has 0 radical (unpaired) electrons. The smallest absolute Gasteiger partial charge is 0.0238 e. The van der Waals surface area contributed by atoms with Crippen LogP contribution in [0.3, 0.4) is 0 Å². The van der Waals surface area contributed by atoms with E-state index in [-0.39, 0.29) is 0 Å². The van der Waals surface area contributed by atoms with Crippen molar-refractivity contribution in [3.63, 3.8) is 0 Å². The van der Waals surface area contributed by atoms with E-state index in [1.54, 1.807) is 0 Å². The summed E-state index contributed by atoms with van der Waals surface area (Å²) in [6.45, 7) is 5.55. The van der Waals surface area contributed by atoms with Crippen molar-refractivity contribution < 1.29 is 0 Å². The second kappa shape index (κ2) is 12.6. The number of unbranched alkanes of at least 4 members (excludes halogenated alkanes) is 7. The van der Waals surface area contributed by atoms with Crippen molar-refractivity contribution in [2.75, 3.05) is 6.54 Å². The first-order chi connectivity index (χ1) is 7.81. The Morgan fingerprint density at radius 2 is 1.56 bits per heavy atom. The minimum absolute atomic E-state index is 0.481. The molecule has 0 amide bonds. The lowest BCUT2D eigenvalue weighted by Gasteiger charge is -2.10. The van der Waals surface area contributed by atoms with Gasteiger partial charge in [-0.05, 0) is 19.9 Å². The predicted molar refractivity (Wildman–Crippen MR) is 73.5 cm³/mol. The number of terminal acetylenes is 1. The van der Waals surface area contributed by atoms with Gasteiger partial charge in [0, 0.05) is 12.5 Å². The fraction of sp³-hybridized carbons (Fsp3) is 0.867. The van der Waals surface area contributed by atoms with E-state index in [1.807, 2.05) is 0 Å². The van der Waals surface area contributed by atoms with Crippen molar-refractivity contribution >= 4 is 0 Å². The molecule has 0 bridgehead atoms. The Morgan fingerprint density at radius 3 is 2.12 bits per heavy atom. The number of nitrogens with one attached hydrogen (secondary N) is 1. The van der Waals surface area contributed by atoms with E-state index in [0.717, 1.165) is 13.0 Å². The van der Waals surface area contributed by atoms with Crippen molar-refractivity contribution in [3.05, 3.63) is 0 Å². The Hall–Kier alpha value is -0.480. The second-order valence-electron chi connectivity index (χ2n) is 4.74. The molecule has 1 unspecified atom stereocenters. The normalized spacial score (nSPS) is 12.3. The zero-order valence-electron chi connectivity index (χ0n) is 11.2. The summed E-state index contributed by atoms with van der Waals surface area (Å²) in [5.41, 5.74) is 0. The van der Waals surface area contributed by atoms with Gasteiger partial charge in [0.05, 0.1) is 0 Å². The molecule has 0 rings (SSSR count). The van der Waals surface area contributed by atoms with Crippen LogP contribution in [-0.4, -0.2) is 12.6 Å². The van der Waals surface area contributed by atoms with Gasteiger partial charge < -0.3 is 5.32 Å². The molecule has 1 nitrogen and oxygen atoms in total. The fourth-order valence-corrected chi connectivity index (χ4v) is 1.86. The minimum atomic E-state index is 0.481. The second-order valence-corrected chi connectivity index (χ2v) is 4.74. The molecular weight excluding hydrogens is 194 g/mol. The first kappa shape index (κ1) is 15.5. The molecule has 0 saturated heterocycles. The zero-order valence-corrected chi connectivity index (χ0v) is 11.2. The number of hydrogen-bond acceptors (Lipinski definition) is 1. The summed E-state index contributed by atoms with van der Waals surface area (Å²) in [5.74, 6) is 2.69. The largest absolute Gasteiger partial charge is 0.313 e. The summed E-state index contributed by atoms with van der Waals surface area (Å²) in [6, 6.07) is 0.481. The Balaban J connectivity index is 3.01. The third-order valence-electron chi connectivity index (χ3n) is 2.95. The third kappa shape index (κ3) is 11.6. The van der Waals surface area contributed by atoms with Crippen LogP contribution in [0.25, 0.3) is 0 Å². The van der Waals surface area contributed by atoms with Crippen molar-refractivity contribution in [3.8, 4) is 12.3 Å². The van der Waals surface area contributed by atoms with E-state index in [9.17, 15) is 0 Å². The van der Waals surface area contributed by atoms with Gasteiger partial charge in [0.1, 0.15) is 0 Å². The lowest BCUT2D eigenvalue weighted by molar-refractivity contribution is 0.515. The summed E-state index contributed by atoms with van der Waals surface area (Å²) >= 11 is 0. The summed E-state index contributed by atoms with van der Waals surface area (Å²) in [4.78, 5) is 0. The van der Waals surface area contributed by atoms with E-state index < -0.39 is 0 Å².